The Hall–Kier alpha value is -1.89. The first-order chi connectivity index (χ1) is 10.1. The van der Waals surface area contributed by atoms with Crippen LogP contribution in [-0.2, 0) is 14.4 Å². The van der Waals surface area contributed by atoms with Gasteiger partial charge in [-0.25, -0.2) is 0 Å². The molecule has 4 heteroatoms. The summed E-state index contributed by atoms with van der Waals surface area (Å²) < 4.78 is 0. The number of Topliss-reactive ketones (excluding diaryl/α,β-unsaturated/α-hetero) is 1. The Balaban J connectivity index is 1.54. The summed E-state index contributed by atoms with van der Waals surface area (Å²) in [6.07, 6.45) is 12.0. The van der Waals surface area contributed by atoms with E-state index < -0.39 is 0 Å². The Labute approximate surface area is 124 Å². The van der Waals surface area contributed by atoms with Crippen molar-refractivity contribution in [1.82, 2.24) is 4.90 Å². The van der Waals surface area contributed by atoms with E-state index in [0.29, 0.717) is 32.2 Å². The molecule has 110 valence electrons. The van der Waals surface area contributed by atoms with Gasteiger partial charge < -0.3 is 0 Å². The Morgan fingerprint density at radius 2 is 1.81 bits per heavy atom. The molecule has 1 heterocycles. The molecular formula is C17H19NO3. The highest BCUT2D eigenvalue weighted by Crippen LogP contribution is 2.52. The predicted octanol–water partition coefficient (Wildman–Crippen LogP) is 1.56. The van der Waals surface area contributed by atoms with Crippen LogP contribution in [0.1, 0.15) is 32.1 Å². The van der Waals surface area contributed by atoms with Crippen molar-refractivity contribution < 1.29 is 14.4 Å². The first-order valence-corrected chi connectivity index (χ1v) is 7.62. The Kier molecular flexibility index (Phi) is 3.67. The van der Waals surface area contributed by atoms with Crippen LogP contribution in [0.15, 0.2) is 12.2 Å². The maximum absolute atomic E-state index is 12.4. The highest BCUT2D eigenvalue weighted by atomic mass is 16.2. The lowest BCUT2D eigenvalue weighted by Gasteiger charge is -2.16. The van der Waals surface area contributed by atoms with Gasteiger partial charge >= 0.3 is 0 Å². The first-order valence-electron chi connectivity index (χ1n) is 7.62. The quantitative estimate of drug-likeness (QED) is 0.423. The lowest BCUT2D eigenvalue weighted by atomic mass is 9.85. The summed E-state index contributed by atoms with van der Waals surface area (Å²) in [7, 11) is 0. The maximum Gasteiger partial charge on any atom is 0.233 e. The number of ketones is 1. The lowest BCUT2D eigenvalue weighted by molar-refractivity contribution is -0.141. The molecule has 0 N–H and O–H groups in total. The molecular weight excluding hydrogens is 266 g/mol. The van der Waals surface area contributed by atoms with Gasteiger partial charge in [-0.3, -0.25) is 19.3 Å². The summed E-state index contributed by atoms with van der Waals surface area (Å²) in [5, 5.41) is 0. The number of imide groups is 1. The number of carbonyl (C=O) groups excluding carboxylic acids is 3. The van der Waals surface area contributed by atoms with E-state index in [1.165, 1.54) is 4.90 Å². The molecule has 3 aliphatic rings. The number of rotatable bonds is 6. The summed E-state index contributed by atoms with van der Waals surface area (Å²) in [6, 6.07) is 0. The predicted molar refractivity (Wildman–Crippen MR) is 76.7 cm³/mol. The van der Waals surface area contributed by atoms with E-state index in [2.05, 4.69) is 18.1 Å². The third-order valence-corrected chi connectivity index (χ3v) is 4.95. The zero-order valence-corrected chi connectivity index (χ0v) is 12.0. The smallest absolute Gasteiger partial charge is 0.233 e. The van der Waals surface area contributed by atoms with E-state index in [1.807, 2.05) is 0 Å². The van der Waals surface area contributed by atoms with E-state index >= 15 is 0 Å². The van der Waals surface area contributed by atoms with Gasteiger partial charge in [0, 0.05) is 25.8 Å². The summed E-state index contributed by atoms with van der Waals surface area (Å²) >= 11 is 0. The SMILES string of the molecule is C#CCCC(=O)CCCN1C(=O)C2C3C=CC(C3)C2C1=O. The highest BCUT2D eigenvalue weighted by molar-refractivity contribution is 6.06. The Morgan fingerprint density at radius 3 is 2.38 bits per heavy atom. The Morgan fingerprint density at radius 1 is 1.19 bits per heavy atom. The zero-order valence-electron chi connectivity index (χ0n) is 12.0. The second-order valence-corrected chi connectivity index (χ2v) is 6.17. The van der Waals surface area contributed by atoms with Crippen molar-refractivity contribution in [2.24, 2.45) is 23.7 Å². The minimum atomic E-state index is -0.135. The molecule has 0 aromatic heterocycles. The fraction of sp³-hybridized carbons (Fsp3) is 0.588. The monoisotopic (exact) mass is 285 g/mol. The number of hydrogen-bond acceptors (Lipinski definition) is 3. The molecule has 4 atom stereocenters. The van der Waals surface area contributed by atoms with E-state index in [1.54, 1.807) is 0 Å². The molecule has 4 unspecified atom stereocenters. The number of carbonyl (C=O) groups is 3. The van der Waals surface area contributed by atoms with Crippen molar-refractivity contribution in [2.75, 3.05) is 6.54 Å². The molecule has 2 amide bonds. The van der Waals surface area contributed by atoms with E-state index in [-0.39, 0.29) is 41.3 Å². The second kappa shape index (κ2) is 5.48. The number of nitrogens with zero attached hydrogens (tertiary/aromatic N) is 1. The van der Waals surface area contributed by atoms with Crippen LogP contribution in [0.25, 0.3) is 0 Å². The first kappa shape index (κ1) is 14.1. The molecule has 0 aromatic rings. The van der Waals surface area contributed by atoms with Gasteiger partial charge in [-0.1, -0.05) is 12.2 Å². The second-order valence-electron chi connectivity index (χ2n) is 6.17. The van der Waals surface area contributed by atoms with Gasteiger partial charge in [-0.2, -0.15) is 0 Å². The van der Waals surface area contributed by atoms with E-state index in [4.69, 9.17) is 6.42 Å². The minimum Gasteiger partial charge on any atom is -0.300 e. The van der Waals surface area contributed by atoms with Gasteiger partial charge in [-0.15, -0.1) is 12.3 Å². The number of amides is 2. The van der Waals surface area contributed by atoms with E-state index in [0.717, 1.165) is 6.42 Å². The average molecular weight is 285 g/mol. The number of hydrogen-bond donors (Lipinski definition) is 0. The largest absolute Gasteiger partial charge is 0.300 e. The molecule has 3 rings (SSSR count). The van der Waals surface area contributed by atoms with Gasteiger partial charge in [0.25, 0.3) is 0 Å². The van der Waals surface area contributed by atoms with Crippen molar-refractivity contribution >= 4 is 17.6 Å². The lowest BCUT2D eigenvalue weighted by Crippen LogP contribution is -2.34. The van der Waals surface area contributed by atoms with Crippen LogP contribution in [0, 0.1) is 36.0 Å². The fourth-order valence-electron chi connectivity index (χ4n) is 3.96. The summed E-state index contributed by atoms with van der Waals surface area (Å²) in [6.45, 7) is 0.367. The zero-order chi connectivity index (χ0) is 15.0. The standard InChI is InChI=1S/C17H19NO3/c1-2-3-5-13(19)6-4-9-18-16(20)14-11-7-8-12(10-11)15(14)17(18)21/h1,7-8,11-12,14-15H,3-6,9-10H2. The Bertz CT molecular complexity index is 527. The average Bonchev–Trinajstić information content (AvgIpc) is 3.14. The van der Waals surface area contributed by atoms with Crippen molar-refractivity contribution in [3.05, 3.63) is 12.2 Å². The van der Waals surface area contributed by atoms with Crippen LogP contribution in [0.5, 0.6) is 0 Å². The molecule has 0 spiro atoms. The molecule has 1 aliphatic heterocycles. The number of allylic oxidation sites excluding steroid dienone is 2. The summed E-state index contributed by atoms with van der Waals surface area (Å²) in [4.78, 5) is 37.7. The maximum atomic E-state index is 12.4. The summed E-state index contributed by atoms with van der Waals surface area (Å²) in [5.74, 6) is 2.72. The van der Waals surface area contributed by atoms with Crippen LogP contribution in [0.4, 0.5) is 0 Å². The molecule has 2 fully saturated rings. The number of terminal acetylenes is 1. The van der Waals surface area contributed by atoms with Gasteiger partial charge in [-0.05, 0) is 24.7 Å². The van der Waals surface area contributed by atoms with Crippen LogP contribution >= 0.6 is 0 Å². The topological polar surface area (TPSA) is 54.5 Å². The van der Waals surface area contributed by atoms with Crippen molar-refractivity contribution in [1.29, 1.82) is 0 Å². The van der Waals surface area contributed by atoms with Crippen molar-refractivity contribution in [3.63, 3.8) is 0 Å². The number of likely N-dealkylation sites (tertiary alicyclic amines) is 1. The third kappa shape index (κ3) is 2.31. The van der Waals surface area contributed by atoms with E-state index in [9.17, 15) is 14.4 Å². The molecule has 2 bridgehead atoms. The van der Waals surface area contributed by atoms with Crippen LogP contribution < -0.4 is 0 Å². The molecule has 2 aliphatic carbocycles. The highest BCUT2D eigenvalue weighted by Gasteiger charge is 2.58. The molecule has 0 aromatic carbocycles. The van der Waals surface area contributed by atoms with Gasteiger partial charge in [0.15, 0.2) is 0 Å². The molecule has 4 nitrogen and oxygen atoms in total. The third-order valence-electron chi connectivity index (χ3n) is 4.95. The summed E-state index contributed by atoms with van der Waals surface area (Å²) in [5.41, 5.74) is 0. The van der Waals surface area contributed by atoms with Crippen LogP contribution in [0.2, 0.25) is 0 Å². The molecule has 1 saturated carbocycles. The van der Waals surface area contributed by atoms with Crippen molar-refractivity contribution in [3.8, 4) is 12.3 Å². The van der Waals surface area contributed by atoms with Crippen LogP contribution in [-0.4, -0.2) is 29.0 Å². The van der Waals surface area contributed by atoms with Gasteiger partial charge in [0.05, 0.1) is 11.8 Å². The molecule has 21 heavy (non-hydrogen) atoms. The fourth-order valence-corrected chi connectivity index (χ4v) is 3.96. The van der Waals surface area contributed by atoms with Gasteiger partial charge in [0.1, 0.15) is 5.78 Å². The minimum absolute atomic E-state index is 0.0297. The van der Waals surface area contributed by atoms with Gasteiger partial charge in [0.2, 0.25) is 11.8 Å². The molecule has 1 saturated heterocycles. The van der Waals surface area contributed by atoms with Crippen LogP contribution in [0.3, 0.4) is 0 Å². The molecule has 0 radical (unpaired) electrons. The number of fused-ring (bicyclic) bond motifs is 5. The van der Waals surface area contributed by atoms with Crippen molar-refractivity contribution in [2.45, 2.75) is 32.1 Å². The normalized spacial score (nSPS) is 32.6.